The fourth-order valence-electron chi connectivity index (χ4n) is 0.436. The van der Waals surface area contributed by atoms with Crippen LogP contribution in [-0.2, 0) is 0 Å². The van der Waals surface area contributed by atoms with Gasteiger partial charge in [0.05, 0.1) is 0 Å². The van der Waals surface area contributed by atoms with Gasteiger partial charge in [-0.3, -0.25) is 5.32 Å². The highest BCUT2D eigenvalue weighted by atomic mass is 15.6. The molecule has 0 heterocycles. The van der Waals surface area contributed by atoms with Crippen LogP contribution in [0.25, 0.3) is 0 Å². The minimum absolute atomic E-state index is 0.0972. The van der Waals surface area contributed by atoms with Gasteiger partial charge in [-0.25, -0.2) is 10.0 Å². The van der Waals surface area contributed by atoms with Crippen LogP contribution >= 0.6 is 0 Å². The Kier molecular flexibility index (Phi) is 3.72. The number of hydrogen-bond acceptors (Lipinski definition) is 4. The molecule has 0 amide bonds. The van der Waals surface area contributed by atoms with E-state index in [1.807, 2.05) is 38.2 Å². The minimum atomic E-state index is -0.0972. The van der Waals surface area contributed by atoms with Crippen molar-refractivity contribution < 1.29 is 0 Å². The second-order valence-electron chi connectivity index (χ2n) is 2.15. The molecule has 0 saturated heterocycles. The molecule has 56 valence electrons. The molecule has 0 spiro atoms. The van der Waals surface area contributed by atoms with Gasteiger partial charge in [0.1, 0.15) is 6.29 Å². The first-order valence-electron chi connectivity index (χ1n) is 2.92. The highest BCUT2D eigenvalue weighted by Gasteiger charge is 2.06. The van der Waals surface area contributed by atoms with Gasteiger partial charge in [0, 0.05) is 21.1 Å². The SMILES string of the molecule is CNC(N)N(C)N(C)C. The molecular weight excluding hydrogens is 116 g/mol. The van der Waals surface area contributed by atoms with Crippen molar-refractivity contribution in [1.29, 1.82) is 0 Å². The van der Waals surface area contributed by atoms with E-state index < -0.39 is 0 Å². The number of nitrogens with two attached hydrogens (primary N) is 1. The first-order chi connectivity index (χ1) is 4.09. The lowest BCUT2D eigenvalue weighted by Crippen LogP contribution is -2.53. The Morgan fingerprint density at radius 1 is 1.33 bits per heavy atom. The summed E-state index contributed by atoms with van der Waals surface area (Å²) in [7, 11) is 7.63. The molecule has 0 rings (SSSR count). The molecular formula is C5H16N4. The quantitative estimate of drug-likeness (QED) is 0.376. The summed E-state index contributed by atoms with van der Waals surface area (Å²) in [5, 5.41) is 6.71. The third-order valence-electron chi connectivity index (χ3n) is 1.33. The van der Waals surface area contributed by atoms with Crippen LogP contribution in [0.4, 0.5) is 0 Å². The number of rotatable bonds is 3. The average Bonchev–Trinajstić information content (AvgIpc) is 1.84. The van der Waals surface area contributed by atoms with Crippen molar-refractivity contribution in [3.63, 3.8) is 0 Å². The normalized spacial score (nSPS) is 15.0. The van der Waals surface area contributed by atoms with E-state index in [9.17, 15) is 0 Å². The summed E-state index contributed by atoms with van der Waals surface area (Å²) in [6.07, 6.45) is -0.0972. The summed E-state index contributed by atoms with van der Waals surface area (Å²) in [4.78, 5) is 0. The molecule has 0 aliphatic carbocycles. The van der Waals surface area contributed by atoms with E-state index in [0.717, 1.165) is 0 Å². The van der Waals surface area contributed by atoms with Crippen LogP contribution in [0.5, 0.6) is 0 Å². The highest BCUT2D eigenvalue weighted by Crippen LogP contribution is 1.85. The largest absolute Gasteiger partial charge is 0.302 e. The Morgan fingerprint density at radius 3 is 1.89 bits per heavy atom. The third kappa shape index (κ3) is 2.76. The van der Waals surface area contributed by atoms with Crippen LogP contribution in [0.15, 0.2) is 0 Å². The van der Waals surface area contributed by atoms with Gasteiger partial charge in [0.25, 0.3) is 0 Å². The molecule has 3 N–H and O–H groups in total. The molecule has 0 aliphatic heterocycles. The Bertz CT molecular complexity index is 73.4. The smallest absolute Gasteiger partial charge is 0.124 e. The van der Waals surface area contributed by atoms with E-state index in [1.54, 1.807) is 0 Å². The van der Waals surface area contributed by atoms with Gasteiger partial charge < -0.3 is 5.73 Å². The molecule has 0 bridgehead atoms. The zero-order chi connectivity index (χ0) is 7.44. The van der Waals surface area contributed by atoms with Crippen LogP contribution in [-0.4, -0.2) is 44.5 Å². The Morgan fingerprint density at radius 2 is 1.78 bits per heavy atom. The molecule has 4 heteroatoms. The van der Waals surface area contributed by atoms with Crippen molar-refractivity contribution in [2.45, 2.75) is 6.29 Å². The fraction of sp³-hybridized carbons (Fsp3) is 1.00. The van der Waals surface area contributed by atoms with Crippen molar-refractivity contribution in [2.75, 3.05) is 28.2 Å². The molecule has 0 aromatic heterocycles. The lowest BCUT2D eigenvalue weighted by atomic mass is 10.8. The molecule has 1 unspecified atom stereocenters. The topological polar surface area (TPSA) is 44.5 Å². The highest BCUT2D eigenvalue weighted by molar-refractivity contribution is 4.48. The Labute approximate surface area is 56.6 Å². The summed E-state index contributed by atoms with van der Waals surface area (Å²) in [5.74, 6) is 0. The van der Waals surface area contributed by atoms with E-state index in [4.69, 9.17) is 5.73 Å². The second kappa shape index (κ2) is 3.79. The van der Waals surface area contributed by atoms with Crippen molar-refractivity contribution in [3.8, 4) is 0 Å². The average molecular weight is 132 g/mol. The van der Waals surface area contributed by atoms with Crippen LogP contribution in [0.3, 0.4) is 0 Å². The van der Waals surface area contributed by atoms with Crippen LogP contribution in [0.2, 0.25) is 0 Å². The number of nitrogens with zero attached hydrogens (tertiary/aromatic N) is 2. The summed E-state index contributed by atoms with van der Waals surface area (Å²) in [5.41, 5.74) is 5.59. The molecule has 0 saturated carbocycles. The van der Waals surface area contributed by atoms with Crippen LogP contribution in [0, 0.1) is 0 Å². The molecule has 4 nitrogen and oxygen atoms in total. The van der Waals surface area contributed by atoms with Gasteiger partial charge in [-0.2, -0.15) is 0 Å². The summed E-state index contributed by atoms with van der Waals surface area (Å²) < 4.78 is 0. The van der Waals surface area contributed by atoms with E-state index in [1.165, 1.54) is 0 Å². The van der Waals surface area contributed by atoms with Crippen molar-refractivity contribution >= 4 is 0 Å². The van der Waals surface area contributed by atoms with E-state index in [2.05, 4.69) is 5.32 Å². The third-order valence-corrected chi connectivity index (χ3v) is 1.33. The molecule has 0 radical (unpaired) electrons. The lowest BCUT2D eigenvalue weighted by Gasteiger charge is -2.29. The zero-order valence-corrected chi connectivity index (χ0v) is 6.55. The van der Waals surface area contributed by atoms with Crippen molar-refractivity contribution in [3.05, 3.63) is 0 Å². The van der Waals surface area contributed by atoms with Gasteiger partial charge in [-0.05, 0) is 7.05 Å². The van der Waals surface area contributed by atoms with Crippen molar-refractivity contribution in [1.82, 2.24) is 15.3 Å². The van der Waals surface area contributed by atoms with E-state index in [-0.39, 0.29) is 6.29 Å². The first kappa shape index (κ1) is 8.84. The molecule has 0 aliphatic rings. The number of nitrogens with one attached hydrogen (secondary N) is 1. The van der Waals surface area contributed by atoms with Crippen LogP contribution < -0.4 is 11.1 Å². The minimum Gasteiger partial charge on any atom is -0.302 e. The Hall–Kier alpha value is -0.160. The standard InChI is InChI=1S/C5H16N4/c1-7-5(6)9(4)8(2)3/h5,7H,6H2,1-4H3. The maximum atomic E-state index is 5.59. The maximum Gasteiger partial charge on any atom is 0.124 e. The summed E-state index contributed by atoms with van der Waals surface area (Å²) in [6.45, 7) is 0. The molecule has 1 atom stereocenters. The lowest BCUT2D eigenvalue weighted by molar-refractivity contribution is 0.00149. The molecule has 0 fully saturated rings. The summed E-state index contributed by atoms with van der Waals surface area (Å²) in [6, 6.07) is 0. The van der Waals surface area contributed by atoms with Crippen molar-refractivity contribution in [2.24, 2.45) is 5.73 Å². The summed E-state index contributed by atoms with van der Waals surface area (Å²) >= 11 is 0. The van der Waals surface area contributed by atoms with E-state index >= 15 is 0 Å². The monoisotopic (exact) mass is 132 g/mol. The number of hydrazine groups is 1. The van der Waals surface area contributed by atoms with Gasteiger partial charge in [-0.15, -0.1) is 0 Å². The van der Waals surface area contributed by atoms with Gasteiger partial charge >= 0.3 is 0 Å². The Balaban J connectivity index is 3.58. The molecule has 0 aromatic rings. The second-order valence-corrected chi connectivity index (χ2v) is 2.15. The predicted molar refractivity (Wildman–Crippen MR) is 38.5 cm³/mol. The van der Waals surface area contributed by atoms with E-state index in [0.29, 0.717) is 0 Å². The predicted octanol–water partition coefficient (Wildman–Crippen LogP) is -1.14. The zero-order valence-electron chi connectivity index (χ0n) is 6.55. The fourth-order valence-corrected chi connectivity index (χ4v) is 0.436. The maximum absolute atomic E-state index is 5.59. The number of hydrogen-bond donors (Lipinski definition) is 2. The van der Waals surface area contributed by atoms with Crippen LogP contribution in [0.1, 0.15) is 0 Å². The first-order valence-corrected chi connectivity index (χ1v) is 2.92. The van der Waals surface area contributed by atoms with Gasteiger partial charge in [0.2, 0.25) is 0 Å². The molecule has 9 heavy (non-hydrogen) atoms. The molecule has 0 aromatic carbocycles. The van der Waals surface area contributed by atoms with Gasteiger partial charge in [-0.1, -0.05) is 0 Å². The van der Waals surface area contributed by atoms with Gasteiger partial charge in [0.15, 0.2) is 0 Å².